The molecule has 3 aromatic carbocycles. The summed E-state index contributed by atoms with van der Waals surface area (Å²) >= 11 is 9.99. The highest BCUT2D eigenvalue weighted by atomic mass is 79.9. The molecule has 3 aromatic rings. The van der Waals surface area contributed by atoms with Crippen molar-refractivity contribution < 1.29 is 13.5 Å². The zero-order chi connectivity index (χ0) is 17.3. The molecule has 0 saturated carbocycles. The van der Waals surface area contributed by atoms with Gasteiger partial charge in [-0.05, 0) is 35.6 Å². The van der Waals surface area contributed by atoms with Crippen LogP contribution in [0.1, 0.15) is 18.1 Å². The quantitative estimate of drug-likeness (QED) is 0.474. The molecular weight excluding hydrogens is 398 g/mol. The van der Waals surface area contributed by atoms with Gasteiger partial charge in [0.15, 0.2) is 11.6 Å². The average molecular weight is 412 g/mol. The van der Waals surface area contributed by atoms with Gasteiger partial charge in [-0.3, -0.25) is 0 Å². The molecule has 0 saturated heterocycles. The van der Waals surface area contributed by atoms with E-state index in [-0.39, 0.29) is 24.3 Å². The largest absolute Gasteiger partial charge is 0.491 e. The van der Waals surface area contributed by atoms with E-state index >= 15 is 0 Å². The van der Waals surface area contributed by atoms with Gasteiger partial charge in [0.1, 0.15) is 0 Å². The second-order valence-electron chi connectivity index (χ2n) is 5.34. The molecule has 0 fully saturated rings. The number of rotatable bonds is 4. The molecule has 0 amide bonds. The molecule has 0 aliphatic rings. The molecule has 3 rings (SSSR count). The normalized spacial score (nSPS) is 11.0. The number of benzene rings is 3. The monoisotopic (exact) mass is 410 g/mol. The van der Waals surface area contributed by atoms with E-state index in [2.05, 4.69) is 15.9 Å². The van der Waals surface area contributed by atoms with Gasteiger partial charge in [-0.25, -0.2) is 4.39 Å². The van der Waals surface area contributed by atoms with Crippen molar-refractivity contribution in [1.29, 1.82) is 0 Å². The van der Waals surface area contributed by atoms with Gasteiger partial charge in [0, 0.05) is 16.3 Å². The Kier molecular flexibility index (Phi) is 5.07. The SMILES string of the molecule is CCOc1ccc(Cc2cc(Br)c3ccccc3c2Cl)c(F)c1F. The van der Waals surface area contributed by atoms with Crippen molar-refractivity contribution in [3.05, 3.63) is 74.7 Å². The topological polar surface area (TPSA) is 9.23 Å². The Morgan fingerprint density at radius 1 is 1.00 bits per heavy atom. The zero-order valence-electron chi connectivity index (χ0n) is 12.9. The molecule has 0 atom stereocenters. The van der Waals surface area contributed by atoms with Crippen LogP contribution in [0, 0.1) is 11.6 Å². The molecule has 0 spiro atoms. The van der Waals surface area contributed by atoms with Gasteiger partial charge in [0.25, 0.3) is 0 Å². The molecule has 0 N–H and O–H groups in total. The van der Waals surface area contributed by atoms with Gasteiger partial charge in [0.2, 0.25) is 5.82 Å². The Bertz CT molecular complexity index is 911. The summed E-state index contributed by atoms with van der Waals surface area (Å²) in [6, 6.07) is 12.5. The maximum Gasteiger partial charge on any atom is 0.200 e. The molecule has 24 heavy (non-hydrogen) atoms. The Hall–Kier alpha value is -1.65. The van der Waals surface area contributed by atoms with Crippen LogP contribution in [-0.2, 0) is 6.42 Å². The van der Waals surface area contributed by atoms with Crippen molar-refractivity contribution in [3.63, 3.8) is 0 Å². The summed E-state index contributed by atoms with van der Waals surface area (Å²) < 4.78 is 34.3. The molecule has 5 heteroatoms. The molecule has 1 nitrogen and oxygen atoms in total. The fourth-order valence-corrected chi connectivity index (χ4v) is 3.57. The van der Waals surface area contributed by atoms with Crippen LogP contribution in [-0.4, -0.2) is 6.61 Å². The second kappa shape index (κ2) is 7.08. The van der Waals surface area contributed by atoms with Crippen molar-refractivity contribution in [3.8, 4) is 5.75 Å². The van der Waals surface area contributed by atoms with Crippen LogP contribution in [0.4, 0.5) is 8.78 Å². The van der Waals surface area contributed by atoms with E-state index in [1.165, 1.54) is 12.1 Å². The van der Waals surface area contributed by atoms with E-state index < -0.39 is 11.6 Å². The van der Waals surface area contributed by atoms with Crippen molar-refractivity contribution >= 4 is 38.3 Å². The first kappa shape index (κ1) is 17.2. The third-order valence-electron chi connectivity index (χ3n) is 3.81. The summed E-state index contributed by atoms with van der Waals surface area (Å²) in [7, 11) is 0. The average Bonchev–Trinajstić information content (AvgIpc) is 2.59. The van der Waals surface area contributed by atoms with E-state index in [0.717, 1.165) is 20.8 Å². The molecule has 0 aromatic heterocycles. The first-order valence-corrected chi connectivity index (χ1v) is 8.65. The van der Waals surface area contributed by atoms with Gasteiger partial charge in [-0.1, -0.05) is 57.9 Å². The maximum atomic E-state index is 14.3. The van der Waals surface area contributed by atoms with Crippen LogP contribution in [0.5, 0.6) is 5.75 Å². The highest BCUT2D eigenvalue weighted by molar-refractivity contribution is 9.10. The molecule has 0 radical (unpaired) electrons. The number of halogens is 4. The first-order chi connectivity index (χ1) is 11.5. The van der Waals surface area contributed by atoms with Gasteiger partial charge in [0.05, 0.1) is 11.6 Å². The predicted molar refractivity (Wildman–Crippen MR) is 97.0 cm³/mol. The lowest BCUT2D eigenvalue weighted by molar-refractivity contribution is 0.313. The lowest BCUT2D eigenvalue weighted by atomic mass is 10.0. The summed E-state index contributed by atoms with van der Waals surface area (Å²) in [6.45, 7) is 2.00. The van der Waals surface area contributed by atoms with Crippen LogP contribution in [0.3, 0.4) is 0 Å². The smallest absolute Gasteiger partial charge is 0.200 e. The lowest BCUT2D eigenvalue weighted by Gasteiger charge is -2.12. The third-order valence-corrected chi connectivity index (χ3v) is 4.91. The fraction of sp³-hybridized carbons (Fsp3) is 0.158. The summed E-state index contributed by atoms with van der Waals surface area (Å²) in [5, 5.41) is 2.39. The van der Waals surface area contributed by atoms with Crippen molar-refractivity contribution in [1.82, 2.24) is 0 Å². The molecule has 0 heterocycles. The summed E-state index contributed by atoms with van der Waals surface area (Å²) in [6.07, 6.45) is 0.192. The van der Waals surface area contributed by atoms with E-state index in [1.807, 2.05) is 30.3 Å². The summed E-state index contributed by atoms with van der Waals surface area (Å²) in [5.41, 5.74) is 0.963. The van der Waals surface area contributed by atoms with Gasteiger partial charge < -0.3 is 4.74 Å². The van der Waals surface area contributed by atoms with Gasteiger partial charge in [-0.2, -0.15) is 4.39 Å². The maximum absolute atomic E-state index is 14.3. The second-order valence-corrected chi connectivity index (χ2v) is 6.57. The van der Waals surface area contributed by atoms with Crippen LogP contribution < -0.4 is 4.74 Å². The highest BCUT2D eigenvalue weighted by Crippen LogP contribution is 2.35. The standard InChI is InChI=1S/C19H14BrClF2O/c1-2-24-16-8-7-11(18(22)19(16)23)9-12-10-15(20)13-5-3-4-6-14(13)17(12)21/h3-8,10H,2,9H2,1H3. The van der Waals surface area contributed by atoms with Crippen LogP contribution in [0.2, 0.25) is 5.02 Å². The van der Waals surface area contributed by atoms with Crippen LogP contribution in [0.25, 0.3) is 10.8 Å². The number of hydrogen-bond acceptors (Lipinski definition) is 1. The van der Waals surface area contributed by atoms with Gasteiger partial charge in [-0.15, -0.1) is 0 Å². The number of hydrogen-bond donors (Lipinski definition) is 0. The minimum Gasteiger partial charge on any atom is -0.491 e. The molecule has 0 aliphatic heterocycles. The number of ether oxygens (including phenoxy) is 1. The molecule has 0 bridgehead atoms. The molecule has 124 valence electrons. The number of fused-ring (bicyclic) bond motifs is 1. The van der Waals surface area contributed by atoms with E-state index in [1.54, 1.807) is 6.92 Å². The molecule has 0 unspecified atom stereocenters. The van der Waals surface area contributed by atoms with E-state index in [0.29, 0.717) is 5.02 Å². The highest BCUT2D eigenvalue weighted by Gasteiger charge is 2.17. The third kappa shape index (κ3) is 3.13. The Morgan fingerprint density at radius 2 is 1.71 bits per heavy atom. The Morgan fingerprint density at radius 3 is 2.42 bits per heavy atom. The lowest BCUT2D eigenvalue weighted by Crippen LogP contribution is -2.01. The van der Waals surface area contributed by atoms with E-state index in [9.17, 15) is 8.78 Å². The van der Waals surface area contributed by atoms with E-state index in [4.69, 9.17) is 16.3 Å². The fourth-order valence-electron chi connectivity index (χ4n) is 2.66. The summed E-state index contributed by atoms with van der Waals surface area (Å²) in [4.78, 5) is 0. The van der Waals surface area contributed by atoms with Gasteiger partial charge >= 0.3 is 0 Å². The Balaban J connectivity index is 2.05. The molecular formula is C19H14BrClF2O. The summed E-state index contributed by atoms with van der Waals surface area (Å²) in [5.74, 6) is -1.95. The zero-order valence-corrected chi connectivity index (χ0v) is 15.2. The molecule has 0 aliphatic carbocycles. The minimum atomic E-state index is -0.967. The van der Waals surface area contributed by atoms with Crippen molar-refractivity contribution in [2.24, 2.45) is 0 Å². The minimum absolute atomic E-state index is 0.0791. The van der Waals surface area contributed by atoms with Crippen molar-refractivity contribution in [2.75, 3.05) is 6.61 Å². The van der Waals surface area contributed by atoms with Crippen LogP contribution >= 0.6 is 27.5 Å². The Labute approximate surface area is 152 Å². The van der Waals surface area contributed by atoms with Crippen molar-refractivity contribution in [2.45, 2.75) is 13.3 Å². The first-order valence-electron chi connectivity index (χ1n) is 7.48. The van der Waals surface area contributed by atoms with Crippen LogP contribution in [0.15, 0.2) is 46.9 Å². The predicted octanol–water partition coefficient (Wildman–Crippen LogP) is 6.52.